The molecule has 836 valence electrons. The number of β-amino-alcohol motifs (C(OH)–C–C–N with tert-alkyl or cyclic N) is 1. The van der Waals surface area contributed by atoms with E-state index >= 15 is 0 Å². The highest BCUT2D eigenvalue weighted by molar-refractivity contribution is 5.80. The van der Waals surface area contributed by atoms with Gasteiger partial charge >= 0.3 is 0 Å². The number of likely N-dealkylation sites (tertiary alicyclic amines) is 2. The number of rotatable bonds is 29. The number of amides is 8. The van der Waals surface area contributed by atoms with Crippen molar-refractivity contribution in [1.82, 2.24) is 83.7 Å². The molecule has 11 fully saturated rings. The Kier molecular flexibility index (Phi) is 59.0. The summed E-state index contributed by atoms with van der Waals surface area (Å²) in [5.41, 5.74) is 1.57. The van der Waals surface area contributed by atoms with E-state index in [1.807, 2.05) is 38.6 Å². The predicted octanol–water partition coefficient (Wildman–Crippen LogP) is 10.2. The van der Waals surface area contributed by atoms with E-state index < -0.39 is 0 Å². The third-order valence-electron chi connectivity index (χ3n) is 28.0. The zero-order valence-corrected chi connectivity index (χ0v) is 96.7. The predicted molar refractivity (Wildman–Crippen MR) is 579 cm³/mol. The van der Waals surface area contributed by atoms with Gasteiger partial charge in [-0.1, -0.05) is 166 Å². The third-order valence-corrected chi connectivity index (χ3v) is 28.0. The van der Waals surface area contributed by atoms with E-state index in [1.165, 1.54) is 25.8 Å². The van der Waals surface area contributed by atoms with Gasteiger partial charge in [-0.3, -0.25) is 72.7 Å². The van der Waals surface area contributed by atoms with E-state index in [2.05, 4.69) is 227 Å². The number of likely N-dealkylation sites (N-methyl/N-ethyl adjacent to an activating group) is 1. The van der Waals surface area contributed by atoms with Crippen LogP contribution in [-0.4, -0.2) is 489 Å². The number of methoxy groups -OCH3 is 1. The van der Waals surface area contributed by atoms with Crippen molar-refractivity contribution in [3.05, 3.63) is 0 Å². The molecule has 0 saturated carbocycles. The van der Waals surface area contributed by atoms with Crippen LogP contribution in [0.5, 0.6) is 0 Å². The topological polar surface area (TPSA) is 298 Å². The Bertz CT molecular complexity index is 3460. The molecule has 0 aromatic rings. The molecule has 1 atom stereocenters. The van der Waals surface area contributed by atoms with Crippen LogP contribution in [0.15, 0.2) is 0 Å². The fourth-order valence-corrected chi connectivity index (χ4v) is 19.5. The molecule has 11 aliphatic rings. The average Bonchev–Trinajstić information content (AvgIpc) is 0.914. The van der Waals surface area contributed by atoms with Gasteiger partial charge in [-0.2, -0.15) is 0 Å². The summed E-state index contributed by atoms with van der Waals surface area (Å²) in [7, 11) is 5.36. The highest BCUT2D eigenvalue weighted by Crippen LogP contribution is 2.34. The van der Waals surface area contributed by atoms with Gasteiger partial charge in [-0.15, -0.1) is 0 Å². The molecule has 0 aliphatic carbocycles. The van der Waals surface area contributed by atoms with E-state index in [9.17, 15) is 38.4 Å². The lowest BCUT2D eigenvalue weighted by Crippen LogP contribution is -2.57. The van der Waals surface area contributed by atoms with Crippen molar-refractivity contribution >= 4 is 47.3 Å². The van der Waals surface area contributed by atoms with Crippen LogP contribution in [0.25, 0.3) is 0 Å². The number of hydrogen-bond donors (Lipinski definition) is 4. The number of nitrogens with zero attached hydrogens (tertiary/aromatic N) is 16. The Hall–Kier alpha value is -4.88. The maximum Gasteiger partial charge on any atom is 0.236 e. The molecule has 11 rings (SSSR count). The van der Waals surface area contributed by atoms with Crippen LogP contribution in [0.4, 0.5) is 0 Å². The number of carbonyl (C=O) groups is 8. The average molecular weight is 2030 g/mol. The fourth-order valence-electron chi connectivity index (χ4n) is 19.5. The van der Waals surface area contributed by atoms with Crippen molar-refractivity contribution in [2.75, 3.05) is 336 Å². The third kappa shape index (κ3) is 58.4. The number of carbonyl (C=O) groups excluding carboxylic acids is 8. The lowest BCUT2D eigenvalue weighted by molar-refractivity contribution is -0.138. The van der Waals surface area contributed by atoms with Crippen molar-refractivity contribution in [3.8, 4) is 0 Å². The van der Waals surface area contributed by atoms with Gasteiger partial charge < -0.3 is 83.7 Å². The van der Waals surface area contributed by atoms with Crippen molar-refractivity contribution in [1.29, 1.82) is 0 Å². The molecular formula is C111H217N17O15. The molecular weight excluding hydrogens is 1810 g/mol. The summed E-state index contributed by atoms with van der Waals surface area (Å²) in [6, 6.07) is 0.806. The summed E-state index contributed by atoms with van der Waals surface area (Å²) in [5, 5.41) is 29.7. The summed E-state index contributed by atoms with van der Waals surface area (Å²) < 4.78 is 21.1. The lowest BCUT2D eigenvalue weighted by atomic mass is 9.86. The van der Waals surface area contributed by atoms with Crippen LogP contribution < -0.4 is 5.32 Å². The zero-order chi connectivity index (χ0) is 107. The smallest absolute Gasteiger partial charge is 0.236 e. The standard InChI is InChI=1S/C20H38N4O2.C16H30N2O2.C15H28N2O2.C14H28N2O3.2C13H26N2O2.C11H22N2O2.C9H19N/c1-20(2,3)14-18(25)24-8-6-17(7-9-24)15-22-10-12-23(13-11-22)16-19(26)21(4)5;1-15(2,3)13-14(19)17-7-5-16(4,6-8-17)18-9-11-20-12-10-18;1-14(2,3)9-13(18)17-7-5-16(6-8-17)10-15(4)11-19-12-15;1-14(2,3)12-13(18)16-6-4-15(5-7-16)8-10-19-11-9-17;1-13(2,3)11-12(16)15-7-5-14(6-8-15)9-10-17-4;1-13(2,3)11-12(17)15-8-6-14(7-9-15)5-4-10-16;1-10(2)9-11(15)13-5-3-12(4-6-13)7-8-14;1-9(2,3)7-8-5-4-6-10-8/h17H,6-16H2,1-5H3;5-13H2,1-4H3;5-12H2,1-4H3;17H,4-12H2,1-3H3;5-11H2,1-4H3;16H,4-11H2,1-3H3;10,14H,3-9H2,1-2H3;8,10H,4-7H2,1-3H3/t;;;;;;;8-/m.......1/s1. The number of piperidine rings is 2. The minimum atomic E-state index is 0.0619. The molecule has 11 saturated heterocycles. The second-order valence-electron chi connectivity index (χ2n) is 52.2. The second kappa shape index (κ2) is 64.7. The quantitative estimate of drug-likeness (QED) is 0.0506. The van der Waals surface area contributed by atoms with Crippen molar-refractivity contribution in [2.24, 2.45) is 55.2 Å². The van der Waals surface area contributed by atoms with Gasteiger partial charge in [-0.05, 0) is 115 Å². The molecule has 4 N–H and O–H groups in total. The molecule has 32 nitrogen and oxygen atoms in total. The van der Waals surface area contributed by atoms with Crippen LogP contribution in [0.1, 0.15) is 269 Å². The molecule has 0 spiro atoms. The van der Waals surface area contributed by atoms with Gasteiger partial charge in [0.05, 0.1) is 66.0 Å². The van der Waals surface area contributed by atoms with Gasteiger partial charge in [-0.25, -0.2) is 0 Å². The van der Waals surface area contributed by atoms with Crippen LogP contribution in [-0.2, 0) is 57.3 Å². The van der Waals surface area contributed by atoms with Gasteiger partial charge in [0.2, 0.25) is 47.3 Å². The number of piperazine rings is 6. The summed E-state index contributed by atoms with van der Waals surface area (Å²) in [4.78, 5) is 131. The largest absolute Gasteiger partial charge is 0.396 e. The van der Waals surface area contributed by atoms with Crippen LogP contribution in [0.3, 0.4) is 0 Å². The number of hydrogen-bond acceptors (Lipinski definition) is 24. The highest BCUT2D eigenvalue weighted by Gasteiger charge is 2.41. The van der Waals surface area contributed by atoms with Gasteiger partial charge in [0, 0.05) is 325 Å². The van der Waals surface area contributed by atoms with E-state index in [4.69, 9.17) is 34.3 Å². The van der Waals surface area contributed by atoms with Crippen LogP contribution >= 0.6 is 0 Å². The first-order valence-corrected chi connectivity index (χ1v) is 55.4. The van der Waals surface area contributed by atoms with Gasteiger partial charge in [0.1, 0.15) is 0 Å². The summed E-state index contributed by atoms with van der Waals surface area (Å²) in [6.45, 7) is 94.8. The maximum atomic E-state index is 12.4. The monoisotopic (exact) mass is 2030 g/mol. The number of morpholine rings is 1. The normalized spacial score (nSPS) is 21.1. The van der Waals surface area contributed by atoms with Crippen molar-refractivity contribution in [2.45, 2.75) is 281 Å². The Morgan fingerprint density at radius 3 is 1.06 bits per heavy atom. The van der Waals surface area contributed by atoms with E-state index in [0.717, 1.165) is 307 Å². The van der Waals surface area contributed by atoms with Crippen LogP contribution in [0, 0.1) is 55.2 Å². The summed E-state index contributed by atoms with van der Waals surface area (Å²) in [5.74, 6) is 3.38. The first kappa shape index (κ1) is 130. The van der Waals surface area contributed by atoms with Crippen molar-refractivity contribution < 1.29 is 72.6 Å². The molecule has 11 heterocycles. The number of aliphatic hydroxyl groups is 3. The van der Waals surface area contributed by atoms with Crippen molar-refractivity contribution in [3.63, 3.8) is 0 Å². The minimum Gasteiger partial charge on any atom is -0.396 e. The lowest BCUT2D eigenvalue weighted by Gasteiger charge is -2.48. The molecule has 11 aliphatic heterocycles. The number of aliphatic hydroxyl groups excluding tert-OH is 3. The molecule has 0 radical (unpaired) electrons. The first-order valence-electron chi connectivity index (χ1n) is 55.4. The Morgan fingerprint density at radius 1 is 0.385 bits per heavy atom. The Labute approximate surface area is 871 Å². The minimum absolute atomic E-state index is 0.0619. The van der Waals surface area contributed by atoms with E-state index in [0.29, 0.717) is 111 Å². The zero-order valence-electron chi connectivity index (χ0n) is 96.7. The number of ether oxygens (including phenoxy) is 4. The molecule has 8 amide bonds. The molecule has 0 aromatic heterocycles. The number of nitrogens with one attached hydrogen (secondary N) is 1. The SMILES string of the molecule is CC(C)(C)CC(=O)N1CCC(C)(N2CCOCC2)CC1.CC(C)(C)CC(=O)N1CCN(CC2(C)COC2)CC1.CC(C)(C)CC(=O)N1CCN(CCCO)CC1.CC(C)(C)CC(=O)N1CCN(CCOCCO)CC1.CC(C)(C)C[C@H]1CCCN1.CC(C)CC(=O)N1CCN(CCO)CC1.CN(C)C(=O)CN1CCN(CC2CCN(C(=O)CC(C)(C)C)CC2)CC1.COCCN1CCN(C(=O)CC(C)(C)C)CC1. The molecule has 0 bridgehead atoms. The first-order chi connectivity index (χ1) is 66.7. The highest BCUT2D eigenvalue weighted by atomic mass is 16.5. The molecule has 32 heteroatoms. The van der Waals surface area contributed by atoms with Gasteiger partial charge in [0.15, 0.2) is 0 Å². The fraction of sp³-hybridized carbons (Fsp3) is 0.928. The molecule has 0 aromatic carbocycles. The van der Waals surface area contributed by atoms with E-state index in [-0.39, 0.29) is 81.5 Å². The Balaban J connectivity index is 0.000000344. The maximum absolute atomic E-state index is 12.4. The summed E-state index contributed by atoms with van der Waals surface area (Å²) >= 11 is 0. The van der Waals surface area contributed by atoms with Crippen LogP contribution in [0.2, 0.25) is 0 Å². The Morgan fingerprint density at radius 2 is 0.734 bits per heavy atom. The van der Waals surface area contributed by atoms with E-state index in [1.54, 1.807) is 12.0 Å². The second-order valence-corrected chi connectivity index (χ2v) is 52.2. The van der Waals surface area contributed by atoms with Gasteiger partial charge in [0.25, 0.3) is 0 Å². The summed E-state index contributed by atoms with van der Waals surface area (Å²) in [6.07, 6.45) is 13.8. The molecule has 143 heavy (non-hydrogen) atoms. The molecule has 0 unspecified atom stereocenters.